The fourth-order valence-electron chi connectivity index (χ4n) is 2.08. The Kier molecular flexibility index (Phi) is 6.48. The zero-order valence-electron chi connectivity index (χ0n) is 12.6. The number of benzene rings is 1. The van der Waals surface area contributed by atoms with Crippen LogP contribution in [0.15, 0.2) is 18.2 Å². The molecular weight excluding hydrogens is 256 g/mol. The van der Waals surface area contributed by atoms with Crippen LogP contribution in [0.3, 0.4) is 0 Å². The second kappa shape index (κ2) is 7.87. The van der Waals surface area contributed by atoms with E-state index in [0.717, 1.165) is 5.56 Å². The van der Waals surface area contributed by atoms with E-state index in [0.29, 0.717) is 24.5 Å². The van der Waals surface area contributed by atoms with Crippen LogP contribution < -0.4 is 10.1 Å². The molecule has 5 heteroatoms. The number of carbonyl (C=O) groups is 1. The van der Waals surface area contributed by atoms with Crippen molar-refractivity contribution in [1.82, 2.24) is 4.90 Å². The quantitative estimate of drug-likeness (QED) is 0.797. The first-order chi connectivity index (χ1) is 9.53. The lowest BCUT2D eigenvalue weighted by molar-refractivity contribution is -0.120. The number of nitrogens with one attached hydrogen (secondary N) is 1. The second-order valence-electron chi connectivity index (χ2n) is 4.72. The Balaban J connectivity index is 2.81. The van der Waals surface area contributed by atoms with Crippen LogP contribution >= 0.6 is 0 Å². The summed E-state index contributed by atoms with van der Waals surface area (Å²) in [6.07, 6.45) is 0. The Morgan fingerprint density at radius 1 is 1.50 bits per heavy atom. The Bertz CT molecular complexity index is 449. The van der Waals surface area contributed by atoms with Crippen LogP contribution in [0.5, 0.6) is 5.75 Å². The van der Waals surface area contributed by atoms with Crippen molar-refractivity contribution in [2.24, 2.45) is 0 Å². The summed E-state index contributed by atoms with van der Waals surface area (Å²) in [5.41, 5.74) is 1.72. The molecule has 0 radical (unpaired) electrons. The van der Waals surface area contributed by atoms with Gasteiger partial charge in [-0.1, -0.05) is 13.0 Å². The minimum atomic E-state index is -0.308. The highest BCUT2D eigenvalue weighted by Gasteiger charge is 2.20. The molecule has 1 unspecified atom stereocenters. The Morgan fingerprint density at radius 3 is 2.75 bits per heavy atom. The molecule has 1 amide bonds. The highest BCUT2D eigenvalue weighted by Crippen LogP contribution is 2.25. The summed E-state index contributed by atoms with van der Waals surface area (Å²) in [7, 11) is 1.58. The molecule has 0 saturated carbocycles. The number of aliphatic hydroxyl groups excluding tert-OH is 1. The lowest BCUT2D eigenvalue weighted by atomic mass is 10.2. The highest BCUT2D eigenvalue weighted by atomic mass is 16.5. The van der Waals surface area contributed by atoms with Gasteiger partial charge in [0.2, 0.25) is 5.91 Å². The SMILES string of the molecule is CCN(CCO)C(C)C(=O)Nc1cc(C)ccc1OC. The van der Waals surface area contributed by atoms with Gasteiger partial charge < -0.3 is 15.2 Å². The first-order valence-electron chi connectivity index (χ1n) is 6.83. The maximum absolute atomic E-state index is 12.3. The van der Waals surface area contributed by atoms with Gasteiger partial charge in [0.15, 0.2) is 0 Å². The van der Waals surface area contributed by atoms with Crippen molar-refractivity contribution in [3.8, 4) is 5.75 Å². The van der Waals surface area contributed by atoms with Crippen molar-refractivity contribution >= 4 is 11.6 Å². The van der Waals surface area contributed by atoms with Gasteiger partial charge in [-0.05, 0) is 38.1 Å². The molecule has 0 bridgehead atoms. The molecule has 0 fully saturated rings. The number of ether oxygens (including phenoxy) is 1. The predicted octanol–water partition coefficient (Wildman–Crippen LogP) is 1.64. The Hall–Kier alpha value is -1.59. The second-order valence-corrected chi connectivity index (χ2v) is 4.72. The Morgan fingerprint density at radius 2 is 2.20 bits per heavy atom. The summed E-state index contributed by atoms with van der Waals surface area (Å²) in [6.45, 7) is 6.99. The van der Waals surface area contributed by atoms with E-state index in [9.17, 15) is 4.79 Å². The van der Waals surface area contributed by atoms with Crippen LogP contribution in [0.25, 0.3) is 0 Å². The van der Waals surface area contributed by atoms with Crippen molar-refractivity contribution in [1.29, 1.82) is 0 Å². The number of rotatable bonds is 7. The number of hydrogen-bond acceptors (Lipinski definition) is 4. The minimum Gasteiger partial charge on any atom is -0.495 e. The largest absolute Gasteiger partial charge is 0.495 e. The number of nitrogens with zero attached hydrogens (tertiary/aromatic N) is 1. The van der Waals surface area contributed by atoms with Crippen molar-refractivity contribution in [2.45, 2.75) is 26.8 Å². The van der Waals surface area contributed by atoms with E-state index in [1.54, 1.807) is 7.11 Å². The first-order valence-corrected chi connectivity index (χ1v) is 6.83. The Labute approximate surface area is 120 Å². The lowest BCUT2D eigenvalue weighted by Crippen LogP contribution is -2.43. The molecule has 20 heavy (non-hydrogen) atoms. The number of hydrogen-bond donors (Lipinski definition) is 2. The standard InChI is InChI=1S/C15H24N2O3/c1-5-17(8-9-18)12(3)15(19)16-13-10-11(2)6-7-14(13)20-4/h6-7,10,12,18H,5,8-9H2,1-4H3,(H,16,19). The molecule has 0 aliphatic carbocycles. The van der Waals surface area contributed by atoms with E-state index in [4.69, 9.17) is 9.84 Å². The van der Waals surface area contributed by atoms with Gasteiger partial charge in [-0.25, -0.2) is 0 Å². The van der Waals surface area contributed by atoms with Crippen LogP contribution in [0, 0.1) is 6.92 Å². The van der Waals surface area contributed by atoms with Gasteiger partial charge in [-0.3, -0.25) is 9.69 Å². The molecule has 1 rings (SSSR count). The van der Waals surface area contributed by atoms with E-state index in [1.807, 2.05) is 43.9 Å². The highest BCUT2D eigenvalue weighted by molar-refractivity contribution is 5.95. The van der Waals surface area contributed by atoms with Crippen LogP contribution in [-0.4, -0.2) is 48.8 Å². The average molecular weight is 280 g/mol. The minimum absolute atomic E-state index is 0.0409. The third kappa shape index (κ3) is 4.21. The molecule has 1 atom stereocenters. The molecule has 112 valence electrons. The maximum Gasteiger partial charge on any atom is 0.241 e. The summed E-state index contributed by atoms with van der Waals surface area (Å²) in [5.74, 6) is 0.533. The number of amides is 1. The molecule has 0 aliphatic rings. The van der Waals surface area contributed by atoms with Gasteiger partial charge in [0.05, 0.1) is 25.4 Å². The normalized spacial score (nSPS) is 12.3. The number of carbonyl (C=O) groups excluding carboxylic acids is 1. The smallest absolute Gasteiger partial charge is 0.241 e. The summed E-state index contributed by atoms with van der Waals surface area (Å²) < 4.78 is 5.25. The molecule has 0 heterocycles. The summed E-state index contributed by atoms with van der Waals surface area (Å²) >= 11 is 0. The molecule has 0 aliphatic heterocycles. The first kappa shape index (κ1) is 16.5. The monoisotopic (exact) mass is 280 g/mol. The van der Waals surface area contributed by atoms with Crippen LogP contribution in [0.1, 0.15) is 19.4 Å². The molecule has 1 aromatic rings. The zero-order chi connectivity index (χ0) is 15.1. The third-order valence-corrected chi connectivity index (χ3v) is 3.33. The van der Waals surface area contributed by atoms with Crippen LogP contribution in [-0.2, 0) is 4.79 Å². The molecule has 0 spiro atoms. The van der Waals surface area contributed by atoms with Gasteiger partial charge in [0, 0.05) is 6.54 Å². The maximum atomic E-state index is 12.3. The number of aliphatic hydroxyl groups is 1. The van der Waals surface area contributed by atoms with Crippen molar-refractivity contribution < 1.29 is 14.6 Å². The molecule has 0 saturated heterocycles. The molecule has 5 nitrogen and oxygen atoms in total. The van der Waals surface area contributed by atoms with Gasteiger partial charge in [0.25, 0.3) is 0 Å². The summed E-state index contributed by atoms with van der Waals surface area (Å²) in [4.78, 5) is 14.2. The van der Waals surface area contributed by atoms with Gasteiger partial charge in [-0.2, -0.15) is 0 Å². The number of aryl methyl sites for hydroxylation is 1. The van der Waals surface area contributed by atoms with Crippen LogP contribution in [0.2, 0.25) is 0 Å². The third-order valence-electron chi connectivity index (χ3n) is 3.33. The fraction of sp³-hybridized carbons (Fsp3) is 0.533. The van der Waals surface area contributed by atoms with Crippen molar-refractivity contribution in [3.63, 3.8) is 0 Å². The number of anilines is 1. The lowest BCUT2D eigenvalue weighted by Gasteiger charge is -2.26. The number of methoxy groups -OCH3 is 1. The van der Waals surface area contributed by atoms with Crippen molar-refractivity contribution in [2.75, 3.05) is 32.1 Å². The van der Waals surface area contributed by atoms with Crippen molar-refractivity contribution in [3.05, 3.63) is 23.8 Å². The van der Waals surface area contributed by atoms with Crippen LogP contribution in [0.4, 0.5) is 5.69 Å². The molecule has 1 aromatic carbocycles. The molecule has 0 aromatic heterocycles. The van der Waals surface area contributed by atoms with E-state index in [2.05, 4.69) is 5.32 Å². The number of likely N-dealkylation sites (N-methyl/N-ethyl adjacent to an activating group) is 1. The summed E-state index contributed by atoms with van der Waals surface area (Å²) in [5, 5.41) is 11.9. The van der Waals surface area contributed by atoms with E-state index in [1.165, 1.54) is 0 Å². The fourth-order valence-corrected chi connectivity index (χ4v) is 2.08. The van der Waals surface area contributed by atoms with E-state index in [-0.39, 0.29) is 18.6 Å². The van der Waals surface area contributed by atoms with Gasteiger partial charge in [0.1, 0.15) is 5.75 Å². The predicted molar refractivity (Wildman–Crippen MR) is 80.2 cm³/mol. The average Bonchev–Trinajstić information content (AvgIpc) is 2.44. The van der Waals surface area contributed by atoms with E-state index >= 15 is 0 Å². The molecular formula is C15H24N2O3. The zero-order valence-corrected chi connectivity index (χ0v) is 12.6. The van der Waals surface area contributed by atoms with Gasteiger partial charge in [-0.15, -0.1) is 0 Å². The summed E-state index contributed by atoms with van der Waals surface area (Å²) in [6, 6.07) is 5.34. The van der Waals surface area contributed by atoms with E-state index < -0.39 is 0 Å². The van der Waals surface area contributed by atoms with Gasteiger partial charge >= 0.3 is 0 Å². The molecule has 2 N–H and O–H groups in total. The topological polar surface area (TPSA) is 61.8 Å².